The Morgan fingerprint density at radius 2 is 2.22 bits per heavy atom. The number of hydrogen-bond acceptors (Lipinski definition) is 4. The SMILES string of the molecule is NC(=O)C(NCC1CCCO1)c1ccc(O)cc1. The van der Waals surface area contributed by atoms with Gasteiger partial charge in [-0.1, -0.05) is 12.1 Å². The third kappa shape index (κ3) is 3.21. The Morgan fingerprint density at radius 1 is 1.50 bits per heavy atom. The van der Waals surface area contributed by atoms with Crippen molar-refractivity contribution in [3.05, 3.63) is 29.8 Å². The van der Waals surface area contributed by atoms with E-state index in [4.69, 9.17) is 10.5 Å². The van der Waals surface area contributed by atoms with E-state index in [0.717, 1.165) is 25.0 Å². The van der Waals surface area contributed by atoms with Crippen LogP contribution in [0.25, 0.3) is 0 Å². The van der Waals surface area contributed by atoms with Gasteiger partial charge in [0.1, 0.15) is 11.8 Å². The Hall–Kier alpha value is -1.59. The number of aromatic hydroxyl groups is 1. The molecule has 0 saturated carbocycles. The zero-order valence-electron chi connectivity index (χ0n) is 10.1. The number of phenols is 1. The molecule has 1 heterocycles. The number of benzene rings is 1. The van der Waals surface area contributed by atoms with Crippen LogP contribution in [0.3, 0.4) is 0 Å². The van der Waals surface area contributed by atoms with Crippen LogP contribution in [0, 0.1) is 0 Å². The van der Waals surface area contributed by atoms with E-state index < -0.39 is 11.9 Å². The predicted molar refractivity (Wildman–Crippen MR) is 67.0 cm³/mol. The van der Waals surface area contributed by atoms with E-state index >= 15 is 0 Å². The van der Waals surface area contributed by atoms with Crippen molar-refractivity contribution in [1.29, 1.82) is 0 Å². The molecule has 0 aliphatic carbocycles. The van der Waals surface area contributed by atoms with E-state index in [1.165, 1.54) is 0 Å². The quantitative estimate of drug-likeness (QED) is 0.717. The third-order valence-electron chi connectivity index (χ3n) is 3.08. The summed E-state index contributed by atoms with van der Waals surface area (Å²) < 4.78 is 5.48. The molecule has 4 N–H and O–H groups in total. The van der Waals surface area contributed by atoms with Gasteiger partial charge < -0.3 is 15.6 Å². The first-order chi connectivity index (χ1) is 8.66. The minimum atomic E-state index is -0.546. The number of ether oxygens (including phenoxy) is 1. The highest BCUT2D eigenvalue weighted by Crippen LogP contribution is 2.18. The highest BCUT2D eigenvalue weighted by Gasteiger charge is 2.21. The zero-order valence-corrected chi connectivity index (χ0v) is 10.1. The molecule has 1 aromatic rings. The van der Waals surface area contributed by atoms with E-state index in [1.807, 2.05) is 0 Å². The van der Waals surface area contributed by atoms with Crippen LogP contribution in [-0.2, 0) is 9.53 Å². The van der Waals surface area contributed by atoms with Gasteiger partial charge in [0.2, 0.25) is 5.91 Å². The monoisotopic (exact) mass is 250 g/mol. The second-order valence-electron chi connectivity index (χ2n) is 4.47. The highest BCUT2D eigenvalue weighted by atomic mass is 16.5. The van der Waals surface area contributed by atoms with Crippen molar-refractivity contribution < 1.29 is 14.6 Å². The molecule has 0 radical (unpaired) electrons. The molecule has 5 heteroatoms. The van der Waals surface area contributed by atoms with E-state index in [9.17, 15) is 9.90 Å². The van der Waals surface area contributed by atoms with Crippen molar-refractivity contribution in [3.8, 4) is 5.75 Å². The van der Waals surface area contributed by atoms with Crippen LogP contribution in [0.2, 0.25) is 0 Å². The molecule has 18 heavy (non-hydrogen) atoms. The zero-order chi connectivity index (χ0) is 13.0. The van der Waals surface area contributed by atoms with Gasteiger partial charge in [-0.2, -0.15) is 0 Å². The van der Waals surface area contributed by atoms with Gasteiger partial charge in [0, 0.05) is 13.2 Å². The average Bonchev–Trinajstić information content (AvgIpc) is 2.84. The number of nitrogens with two attached hydrogens (primary N) is 1. The minimum absolute atomic E-state index is 0.156. The summed E-state index contributed by atoms with van der Waals surface area (Å²) in [5, 5.41) is 12.3. The Morgan fingerprint density at radius 3 is 2.78 bits per heavy atom. The molecule has 0 aromatic heterocycles. The molecule has 1 amide bonds. The Bertz CT molecular complexity index is 399. The van der Waals surface area contributed by atoms with Gasteiger partial charge in [-0.25, -0.2) is 0 Å². The molecule has 2 unspecified atom stereocenters. The summed E-state index contributed by atoms with van der Waals surface area (Å²) in [6.45, 7) is 1.39. The summed E-state index contributed by atoms with van der Waals surface area (Å²) in [6.07, 6.45) is 2.23. The summed E-state index contributed by atoms with van der Waals surface area (Å²) in [6, 6.07) is 5.91. The average molecular weight is 250 g/mol. The predicted octanol–water partition coefficient (Wildman–Crippen LogP) is 0.687. The topological polar surface area (TPSA) is 84.6 Å². The van der Waals surface area contributed by atoms with Crippen molar-refractivity contribution in [2.45, 2.75) is 25.0 Å². The lowest BCUT2D eigenvalue weighted by atomic mass is 10.1. The summed E-state index contributed by atoms with van der Waals surface area (Å²) in [5.41, 5.74) is 6.14. The van der Waals surface area contributed by atoms with Crippen LogP contribution in [0.5, 0.6) is 5.75 Å². The fraction of sp³-hybridized carbons (Fsp3) is 0.462. The molecule has 1 aliphatic heterocycles. The number of primary amides is 1. The summed E-state index contributed by atoms with van der Waals surface area (Å²) in [5.74, 6) is -0.264. The number of nitrogens with one attached hydrogen (secondary N) is 1. The summed E-state index contributed by atoms with van der Waals surface area (Å²) >= 11 is 0. The fourth-order valence-corrected chi connectivity index (χ4v) is 2.10. The molecule has 1 saturated heterocycles. The van der Waals surface area contributed by atoms with Gasteiger partial charge in [0.15, 0.2) is 0 Å². The largest absolute Gasteiger partial charge is 0.508 e. The Labute approximate surface area is 106 Å². The first kappa shape index (κ1) is 12.9. The maximum atomic E-state index is 11.4. The molecule has 2 atom stereocenters. The first-order valence-corrected chi connectivity index (χ1v) is 6.10. The molecular formula is C13H18N2O3. The number of carbonyl (C=O) groups is 1. The summed E-state index contributed by atoms with van der Waals surface area (Å²) in [4.78, 5) is 11.4. The lowest BCUT2D eigenvalue weighted by Gasteiger charge is -2.18. The smallest absolute Gasteiger partial charge is 0.239 e. The van der Waals surface area contributed by atoms with Crippen molar-refractivity contribution in [1.82, 2.24) is 5.32 Å². The maximum absolute atomic E-state index is 11.4. The van der Waals surface area contributed by atoms with E-state index in [1.54, 1.807) is 24.3 Å². The number of hydrogen-bond donors (Lipinski definition) is 3. The molecule has 2 rings (SSSR count). The standard InChI is InChI=1S/C13H18N2O3/c14-13(17)12(9-3-5-10(16)6-4-9)15-8-11-2-1-7-18-11/h3-6,11-12,15-16H,1-2,7-8H2,(H2,14,17). The lowest BCUT2D eigenvalue weighted by molar-refractivity contribution is -0.120. The van der Waals surface area contributed by atoms with E-state index in [0.29, 0.717) is 6.54 Å². The van der Waals surface area contributed by atoms with Gasteiger partial charge in [-0.15, -0.1) is 0 Å². The number of amides is 1. The summed E-state index contributed by atoms with van der Waals surface area (Å²) in [7, 11) is 0. The second-order valence-corrected chi connectivity index (χ2v) is 4.47. The van der Waals surface area contributed by atoms with E-state index in [-0.39, 0.29) is 11.9 Å². The van der Waals surface area contributed by atoms with Gasteiger partial charge >= 0.3 is 0 Å². The number of phenolic OH excluding ortho intramolecular Hbond substituents is 1. The van der Waals surface area contributed by atoms with Crippen LogP contribution < -0.4 is 11.1 Å². The fourth-order valence-electron chi connectivity index (χ4n) is 2.10. The van der Waals surface area contributed by atoms with Crippen LogP contribution in [0.4, 0.5) is 0 Å². The first-order valence-electron chi connectivity index (χ1n) is 6.10. The molecule has 98 valence electrons. The molecular weight excluding hydrogens is 232 g/mol. The van der Waals surface area contributed by atoms with Crippen LogP contribution in [0.1, 0.15) is 24.4 Å². The van der Waals surface area contributed by atoms with Crippen molar-refractivity contribution in [3.63, 3.8) is 0 Å². The van der Waals surface area contributed by atoms with Crippen molar-refractivity contribution in [2.24, 2.45) is 5.73 Å². The van der Waals surface area contributed by atoms with Gasteiger partial charge in [-0.05, 0) is 30.5 Å². The third-order valence-corrected chi connectivity index (χ3v) is 3.08. The number of carbonyl (C=O) groups excluding carboxylic acids is 1. The Balaban J connectivity index is 1.99. The van der Waals surface area contributed by atoms with Gasteiger partial charge in [0.25, 0.3) is 0 Å². The van der Waals surface area contributed by atoms with E-state index in [2.05, 4.69) is 5.32 Å². The number of rotatable bonds is 5. The maximum Gasteiger partial charge on any atom is 0.239 e. The normalized spacial score (nSPS) is 20.8. The van der Waals surface area contributed by atoms with Crippen molar-refractivity contribution in [2.75, 3.05) is 13.2 Å². The second kappa shape index (κ2) is 5.84. The van der Waals surface area contributed by atoms with Crippen molar-refractivity contribution >= 4 is 5.91 Å². The van der Waals surface area contributed by atoms with Gasteiger partial charge in [-0.3, -0.25) is 10.1 Å². The minimum Gasteiger partial charge on any atom is -0.508 e. The lowest BCUT2D eigenvalue weighted by Crippen LogP contribution is -2.37. The molecule has 1 aromatic carbocycles. The highest BCUT2D eigenvalue weighted by molar-refractivity contribution is 5.81. The Kier molecular flexibility index (Phi) is 4.17. The van der Waals surface area contributed by atoms with Gasteiger partial charge in [0.05, 0.1) is 6.10 Å². The van der Waals surface area contributed by atoms with Crippen LogP contribution >= 0.6 is 0 Å². The molecule has 5 nitrogen and oxygen atoms in total. The molecule has 1 aliphatic rings. The van der Waals surface area contributed by atoms with Crippen LogP contribution in [0.15, 0.2) is 24.3 Å². The molecule has 1 fully saturated rings. The molecule has 0 spiro atoms. The van der Waals surface area contributed by atoms with Crippen LogP contribution in [-0.4, -0.2) is 30.3 Å². The molecule has 0 bridgehead atoms.